The fourth-order valence-electron chi connectivity index (χ4n) is 1.73. The van der Waals surface area contributed by atoms with Gasteiger partial charge >= 0.3 is 11.8 Å². The summed E-state index contributed by atoms with van der Waals surface area (Å²) in [4.78, 5) is 23.8. The molecule has 0 aromatic heterocycles. The lowest BCUT2D eigenvalue weighted by Crippen LogP contribution is -2.46. The molecule has 0 bridgehead atoms. The second-order valence-electron chi connectivity index (χ2n) is 4.95. The highest BCUT2D eigenvalue weighted by molar-refractivity contribution is 7.89. The molecule has 0 unspecified atom stereocenters. The number of aryl methyl sites for hydroxylation is 1. The molecule has 0 aliphatic carbocycles. The summed E-state index contributed by atoms with van der Waals surface area (Å²) >= 11 is 0. The van der Waals surface area contributed by atoms with Crippen molar-refractivity contribution in [2.75, 3.05) is 5.32 Å². The molecule has 10 heteroatoms. The van der Waals surface area contributed by atoms with E-state index in [0.717, 1.165) is 11.6 Å². The van der Waals surface area contributed by atoms with Gasteiger partial charge in [-0.1, -0.05) is 17.7 Å². The van der Waals surface area contributed by atoms with Crippen molar-refractivity contribution in [3.8, 4) is 0 Å². The Morgan fingerprint density at radius 2 is 1.60 bits per heavy atom. The first-order valence-electron chi connectivity index (χ1n) is 6.84. The maximum atomic E-state index is 13.5. The van der Waals surface area contributed by atoms with Crippen molar-refractivity contribution in [2.24, 2.45) is 0 Å². The van der Waals surface area contributed by atoms with Crippen molar-refractivity contribution in [2.45, 2.75) is 11.8 Å². The number of hydrogen-bond donors (Lipinski definition) is 3. The summed E-state index contributed by atoms with van der Waals surface area (Å²) < 4.78 is 50.3. The maximum Gasteiger partial charge on any atom is 0.324 e. The highest BCUT2D eigenvalue weighted by atomic mass is 32.2. The van der Waals surface area contributed by atoms with E-state index in [9.17, 15) is 26.8 Å². The molecule has 0 saturated carbocycles. The third kappa shape index (κ3) is 4.81. The van der Waals surface area contributed by atoms with E-state index in [0.29, 0.717) is 17.8 Å². The van der Waals surface area contributed by atoms with Crippen LogP contribution in [0.2, 0.25) is 0 Å². The van der Waals surface area contributed by atoms with Gasteiger partial charge in [-0.15, -0.1) is 4.83 Å². The van der Waals surface area contributed by atoms with Crippen LogP contribution in [-0.2, 0) is 19.6 Å². The van der Waals surface area contributed by atoms with Crippen LogP contribution in [0, 0.1) is 18.6 Å². The van der Waals surface area contributed by atoms with Gasteiger partial charge < -0.3 is 5.32 Å². The van der Waals surface area contributed by atoms with E-state index < -0.39 is 38.4 Å². The smallest absolute Gasteiger partial charge is 0.318 e. The Hall–Kier alpha value is -2.85. The Bertz CT molecular complexity index is 915. The Morgan fingerprint density at radius 3 is 2.24 bits per heavy atom. The van der Waals surface area contributed by atoms with Crippen molar-refractivity contribution in [3.05, 3.63) is 59.7 Å². The van der Waals surface area contributed by atoms with Gasteiger partial charge in [0.25, 0.3) is 10.0 Å². The lowest BCUT2D eigenvalue weighted by Gasteiger charge is -2.09. The van der Waals surface area contributed by atoms with Crippen molar-refractivity contribution in [1.29, 1.82) is 0 Å². The number of hydrogen-bond acceptors (Lipinski definition) is 4. The van der Waals surface area contributed by atoms with Gasteiger partial charge in [0.05, 0.1) is 0 Å². The molecule has 0 fully saturated rings. The number of benzene rings is 2. The van der Waals surface area contributed by atoms with Crippen LogP contribution in [0.5, 0.6) is 0 Å². The molecule has 0 radical (unpaired) electrons. The highest BCUT2D eigenvalue weighted by Gasteiger charge is 2.22. The first kappa shape index (κ1) is 18.5. The number of carbonyl (C=O) groups excluding carboxylic acids is 2. The van der Waals surface area contributed by atoms with Crippen LogP contribution in [0.25, 0.3) is 0 Å². The molecule has 0 aliphatic heterocycles. The zero-order valence-electron chi connectivity index (χ0n) is 12.8. The number of amides is 2. The second kappa shape index (κ2) is 7.36. The Balaban J connectivity index is 2.01. The van der Waals surface area contributed by atoms with Gasteiger partial charge in [-0.3, -0.25) is 15.0 Å². The molecule has 3 N–H and O–H groups in total. The van der Waals surface area contributed by atoms with E-state index in [4.69, 9.17) is 0 Å². The summed E-state index contributed by atoms with van der Waals surface area (Å²) in [6.07, 6.45) is 0. The molecule has 2 rings (SSSR count). The van der Waals surface area contributed by atoms with Gasteiger partial charge in [0, 0.05) is 5.69 Å². The molecule has 2 aromatic rings. The number of rotatable bonds is 4. The maximum absolute atomic E-state index is 13.5. The molecular weight excluding hydrogens is 356 g/mol. The quantitative estimate of drug-likeness (QED) is 0.557. The fraction of sp³-hybridized carbons (Fsp3) is 0.0667. The normalized spacial score (nSPS) is 11.0. The number of nitrogens with one attached hydrogen (secondary N) is 3. The summed E-state index contributed by atoms with van der Waals surface area (Å²) in [7, 11) is -4.60. The second-order valence-corrected chi connectivity index (χ2v) is 6.61. The van der Waals surface area contributed by atoms with Crippen LogP contribution in [0.4, 0.5) is 14.5 Å². The molecule has 0 aliphatic rings. The minimum atomic E-state index is -4.60. The monoisotopic (exact) mass is 369 g/mol. The molecule has 25 heavy (non-hydrogen) atoms. The molecule has 132 valence electrons. The summed E-state index contributed by atoms with van der Waals surface area (Å²) in [5.41, 5.74) is 2.88. The van der Waals surface area contributed by atoms with Gasteiger partial charge in [-0.25, -0.2) is 17.2 Å². The Kier molecular flexibility index (Phi) is 5.45. The van der Waals surface area contributed by atoms with Gasteiger partial charge in [-0.2, -0.15) is 0 Å². The lowest BCUT2D eigenvalue weighted by molar-refractivity contribution is -0.136. The zero-order chi connectivity index (χ0) is 18.6. The van der Waals surface area contributed by atoms with E-state index in [1.165, 1.54) is 4.83 Å². The fourth-order valence-corrected chi connectivity index (χ4v) is 2.66. The number of carbonyl (C=O) groups is 2. The molecule has 2 amide bonds. The van der Waals surface area contributed by atoms with Crippen LogP contribution in [0.3, 0.4) is 0 Å². The van der Waals surface area contributed by atoms with Crippen molar-refractivity contribution in [1.82, 2.24) is 10.3 Å². The third-order valence-corrected chi connectivity index (χ3v) is 4.26. The molecular formula is C15H13F2N3O4S. The number of sulfonamides is 1. The van der Waals surface area contributed by atoms with E-state index >= 15 is 0 Å². The predicted molar refractivity (Wildman–Crippen MR) is 84.6 cm³/mol. The van der Waals surface area contributed by atoms with E-state index in [2.05, 4.69) is 5.32 Å². The molecule has 0 atom stereocenters. The van der Waals surface area contributed by atoms with Crippen molar-refractivity contribution in [3.63, 3.8) is 0 Å². The average molecular weight is 369 g/mol. The highest BCUT2D eigenvalue weighted by Crippen LogP contribution is 2.15. The van der Waals surface area contributed by atoms with Gasteiger partial charge in [0.2, 0.25) is 0 Å². The zero-order valence-corrected chi connectivity index (χ0v) is 13.7. The van der Waals surface area contributed by atoms with Crippen LogP contribution in [-0.4, -0.2) is 20.2 Å². The van der Waals surface area contributed by atoms with Crippen molar-refractivity contribution < 1.29 is 26.8 Å². The van der Waals surface area contributed by atoms with Crippen LogP contribution in [0.15, 0.2) is 47.4 Å². The first-order valence-corrected chi connectivity index (χ1v) is 8.32. The molecule has 2 aromatic carbocycles. The molecule has 7 nitrogen and oxygen atoms in total. The molecule has 0 spiro atoms. The minimum absolute atomic E-state index is 0.324. The summed E-state index contributed by atoms with van der Waals surface area (Å²) in [6.45, 7) is 1.83. The van der Waals surface area contributed by atoms with Gasteiger partial charge in [0.1, 0.15) is 16.5 Å². The summed E-state index contributed by atoms with van der Waals surface area (Å²) in [5, 5.41) is 2.25. The predicted octanol–water partition coefficient (Wildman–Crippen LogP) is 1.22. The van der Waals surface area contributed by atoms with E-state index in [1.807, 2.05) is 6.92 Å². The molecule has 0 heterocycles. The summed E-state index contributed by atoms with van der Waals surface area (Å²) in [6, 6.07) is 8.29. The van der Waals surface area contributed by atoms with E-state index in [1.54, 1.807) is 29.7 Å². The largest absolute Gasteiger partial charge is 0.324 e. The first-order chi connectivity index (χ1) is 11.7. The van der Waals surface area contributed by atoms with E-state index in [-0.39, 0.29) is 0 Å². The van der Waals surface area contributed by atoms with Crippen molar-refractivity contribution >= 4 is 27.5 Å². The number of anilines is 1. The number of hydrazine groups is 1. The Labute approximate surface area is 142 Å². The lowest BCUT2D eigenvalue weighted by atomic mass is 10.2. The third-order valence-electron chi connectivity index (χ3n) is 3.00. The minimum Gasteiger partial charge on any atom is -0.318 e. The standard InChI is InChI=1S/C15H13F2N3O4S/c1-9-2-5-11(6-3-9)18-14(21)15(22)19-20-25(23,24)13-8-10(16)4-7-12(13)17/h2-8,20H,1H3,(H,18,21)(H,19,22). The average Bonchev–Trinajstić information content (AvgIpc) is 2.56. The van der Waals surface area contributed by atoms with Gasteiger partial charge in [-0.05, 0) is 37.3 Å². The Morgan fingerprint density at radius 1 is 0.960 bits per heavy atom. The number of halogens is 2. The topological polar surface area (TPSA) is 104 Å². The van der Waals surface area contributed by atoms with Gasteiger partial charge in [0.15, 0.2) is 0 Å². The molecule has 0 saturated heterocycles. The van der Waals surface area contributed by atoms with Crippen LogP contribution in [0.1, 0.15) is 5.56 Å². The SMILES string of the molecule is Cc1ccc(NC(=O)C(=O)NNS(=O)(=O)c2cc(F)ccc2F)cc1. The van der Waals surface area contributed by atoms with Crippen LogP contribution >= 0.6 is 0 Å². The summed E-state index contributed by atoms with van der Waals surface area (Å²) in [5.74, 6) is -4.68. The van der Waals surface area contributed by atoms with Crippen LogP contribution < -0.4 is 15.6 Å².